The lowest BCUT2D eigenvalue weighted by atomic mass is 10.2. The van der Waals surface area contributed by atoms with Crippen LogP contribution in [0.3, 0.4) is 0 Å². The van der Waals surface area contributed by atoms with Gasteiger partial charge in [-0.3, -0.25) is 0 Å². The molecule has 1 aromatic carbocycles. The second kappa shape index (κ2) is 6.12. The fourth-order valence-electron chi connectivity index (χ4n) is 2.20. The van der Waals surface area contributed by atoms with Crippen LogP contribution in [0, 0.1) is 0 Å². The van der Waals surface area contributed by atoms with Crippen molar-refractivity contribution >= 4 is 11.6 Å². The fourth-order valence-corrected chi connectivity index (χ4v) is 2.33. The Bertz CT molecular complexity index is 306. The molecule has 1 aliphatic rings. The molecule has 1 aromatic rings. The Balaban J connectivity index is 1.62. The molecule has 2 N–H and O–H groups in total. The van der Waals surface area contributed by atoms with Gasteiger partial charge in [0.25, 0.3) is 0 Å². The van der Waals surface area contributed by atoms with E-state index in [2.05, 4.69) is 5.32 Å². The van der Waals surface area contributed by atoms with E-state index in [1.165, 1.54) is 25.7 Å². The topological polar surface area (TPSA) is 25.8 Å². The SMILES string of the molecule is Clc1ccc(OCC[NH2+]C2CCCC2)cc1. The van der Waals surface area contributed by atoms with E-state index in [0.717, 1.165) is 30.0 Å². The Morgan fingerprint density at radius 1 is 1.19 bits per heavy atom. The number of rotatable bonds is 5. The molecule has 1 fully saturated rings. The largest absolute Gasteiger partial charge is 0.488 e. The van der Waals surface area contributed by atoms with Crippen molar-refractivity contribution in [1.29, 1.82) is 0 Å². The van der Waals surface area contributed by atoms with E-state index < -0.39 is 0 Å². The van der Waals surface area contributed by atoms with Crippen molar-refractivity contribution < 1.29 is 10.1 Å². The first-order chi connectivity index (χ1) is 7.84. The Kier molecular flexibility index (Phi) is 4.49. The van der Waals surface area contributed by atoms with Gasteiger partial charge in [0.1, 0.15) is 18.9 Å². The Morgan fingerprint density at radius 2 is 1.88 bits per heavy atom. The van der Waals surface area contributed by atoms with E-state index in [-0.39, 0.29) is 0 Å². The summed E-state index contributed by atoms with van der Waals surface area (Å²) in [7, 11) is 0. The molecule has 0 aliphatic heterocycles. The Hall–Kier alpha value is -0.730. The molecule has 0 amide bonds. The molecule has 0 radical (unpaired) electrons. The van der Waals surface area contributed by atoms with E-state index in [1.807, 2.05) is 24.3 Å². The summed E-state index contributed by atoms with van der Waals surface area (Å²) in [5, 5.41) is 3.17. The standard InChI is InChI=1S/C13H18ClNO/c14-11-5-7-13(8-6-11)16-10-9-15-12-3-1-2-4-12/h5-8,12,15H,1-4,9-10H2/p+1. The van der Waals surface area contributed by atoms with Gasteiger partial charge in [-0.05, 0) is 49.9 Å². The predicted molar refractivity (Wildman–Crippen MR) is 66.0 cm³/mol. The van der Waals surface area contributed by atoms with Crippen molar-refractivity contribution in [3.8, 4) is 5.75 Å². The summed E-state index contributed by atoms with van der Waals surface area (Å²) in [5.41, 5.74) is 0. The molecular weight excluding hydrogens is 222 g/mol. The third kappa shape index (κ3) is 3.69. The lowest BCUT2D eigenvalue weighted by molar-refractivity contribution is -0.688. The Labute approximate surface area is 102 Å². The van der Waals surface area contributed by atoms with Gasteiger partial charge >= 0.3 is 0 Å². The minimum atomic E-state index is 0.755. The van der Waals surface area contributed by atoms with Gasteiger partial charge in [0.2, 0.25) is 0 Å². The molecule has 0 spiro atoms. The molecule has 0 bridgehead atoms. The van der Waals surface area contributed by atoms with Crippen molar-refractivity contribution in [1.82, 2.24) is 0 Å². The molecule has 1 aliphatic carbocycles. The van der Waals surface area contributed by atoms with Crippen LogP contribution in [-0.2, 0) is 0 Å². The van der Waals surface area contributed by atoms with Gasteiger partial charge in [-0.25, -0.2) is 0 Å². The van der Waals surface area contributed by atoms with Gasteiger partial charge in [0.15, 0.2) is 0 Å². The van der Waals surface area contributed by atoms with E-state index >= 15 is 0 Å². The number of hydrogen-bond donors (Lipinski definition) is 1. The minimum absolute atomic E-state index is 0.755. The zero-order chi connectivity index (χ0) is 11.2. The van der Waals surface area contributed by atoms with Crippen LogP contribution in [0.25, 0.3) is 0 Å². The molecule has 88 valence electrons. The molecule has 16 heavy (non-hydrogen) atoms. The molecule has 3 heteroatoms. The van der Waals surface area contributed by atoms with Crippen molar-refractivity contribution in [2.75, 3.05) is 13.2 Å². The fraction of sp³-hybridized carbons (Fsp3) is 0.538. The number of nitrogens with two attached hydrogens (primary N) is 1. The van der Waals surface area contributed by atoms with Crippen molar-refractivity contribution in [2.45, 2.75) is 31.7 Å². The van der Waals surface area contributed by atoms with Crippen molar-refractivity contribution in [2.24, 2.45) is 0 Å². The molecule has 0 heterocycles. The first-order valence-corrected chi connectivity index (χ1v) is 6.44. The van der Waals surface area contributed by atoms with E-state index in [1.54, 1.807) is 0 Å². The average Bonchev–Trinajstić information content (AvgIpc) is 2.80. The highest BCUT2D eigenvalue weighted by Gasteiger charge is 2.16. The zero-order valence-electron chi connectivity index (χ0n) is 9.49. The molecule has 0 aromatic heterocycles. The van der Waals surface area contributed by atoms with E-state index in [9.17, 15) is 0 Å². The first-order valence-electron chi connectivity index (χ1n) is 6.06. The molecular formula is C13H19ClNO+. The average molecular weight is 241 g/mol. The highest BCUT2D eigenvalue weighted by molar-refractivity contribution is 6.30. The van der Waals surface area contributed by atoms with Crippen molar-refractivity contribution in [3.63, 3.8) is 0 Å². The van der Waals surface area contributed by atoms with Crippen LogP contribution in [-0.4, -0.2) is 19.2 Å². The van der Waals surface area contributed by atoms with Crippen LogP contribution in [0.1, 0.15) is 25.7 Å². The second-order valence-electron chi connectivity index (χ2n) is 4.37. The van der Waals surface area contributed by atoms with E-state index in [0.29, 0.717) is 0 Å². The molecule has 0 saturated heterocycles. The number of benzene rings is 1. The summed E-state index contributed by atoms with van der Waals surface area (Å²) in [6, 6.07) is 8.39. The minimum Gasteiger partial charge on any atom is -0.488 e. The molecule has 2 nitrogen and oxygen atoms in total. The summed E-state index contributed by atoms with van der Waals surface area (Å²) < 4.78 is 5.63. The zero-order valence-corrected chi connectivity index (χ0v) is 10.2. The van der Waals surface area contributed by atoms with E-state index in [4.69, 9.17) is 16.3 Å². The van der Waals surface area contributed by atoms with Crippen LogP contribution in [0.5, 0.6) is 5.75 Å². The van der Waals surface area contributed by atoms with Gasteiger partial charge in [-0.2, -0.15) is 0 Å². The van der Waals surface area contributed by atoms with Crippen LogP contribution in [0.4, 0.5) is 0 Å². The summed E-state index contributed by atoms with van der Waals surface area (Å²) in [4.78, 5) is 0. The predicted octanol–water partition coefficient (Wildman–Crippen LogP) is 2.22. The summed E-state index contributed by atoms with van der Waals surface area (Å²) >= 11 is 5.80. The number of hydrogen-bond acceptors (Lipinski definition) is 1. The monoisotopic (exact) mass is 240 g/mol. The normalized spacial score (nSPS) is 16.6. The van der Waals surface area contributed by atoms with Gasteiger partial charge in [0.05, 0.1) is 6.04 Å². The number of ether oxygens (including phenoxy) is 1. The van der Waals surface area contributed by atoms with Gasteiger partial charge < -0.3 is 10.1 Å². The maximum absolute atomic E-state index is 5.80. The smallest absolute Gasteiger partial charge is 0.137 e. The highest BCUT2D eigenvalue weighted by Crippen LogP contribution is 2.15. The number of quaternary nitrogens is 1. The van der Waals surface area contributed by atoms with Crippen LogP contribution in [0.2, 0.25) is 5.02 Å². The van der Waals surface area contributed by atoms with Crippen LogP contribution >= 0.6 is 11.6 Å². The third-order valence-electron chi connectivity index (χ3n) is 3.10. The molecule has 0 atom stereocenters. The molecule has 1 saturated carbocycles. The lowest BCUT2D eigenvalue weighted by Gasteiger charge is -2.09. The lowest BCUT2D eigenvalue weighted by Crippen LogP contribution is -2.90. The molecule has 2 rings (SSSR count). The van der Waals surface area contributed by atoms with Gasteiger partial charge in [-0.1, -0.05) is 11.6 Å². The van der Waals surface area contributed by atoms with Crippen LogP contribution in [0.15, 0.2) is 24.3 Å². The van der Waals surface area contributed by atoms with Crippen molar-refractivity contribution in [3.05, 3.63) is 29.3 Å². The summed E-state index contributed by atoms with van der Waals surface area (Å²) in [5.74, 6) is 0.907. The second-order valence-corrected chi connectivity index (χ2v) is 4.81. The first kappa shape index (κ1) is 11.7. The number of halogens is 1. The van der Waals surface area contributed by atoms with Gasteiger partial charge in [0, 0.05) is 5.02 Å². The summed E-state index contributed by atoms with van der Waals surface area (Å²) in [6.07, 6.45) is 5.56. The molecule has 0 unspecified atom stereocenters. The maximum Gasteiger partial charge on any atom is 0.137 e. The quantitative estimate of drug-likeness (QED) is 0.785. The van der Waals surface area contributed by atoms with Crippen LogP contribution < -0.4 is 10.1 Å². The highest BCUT2D eigenvalue weighted by atomic mass is 35.5. The summed E-state index contributed by atoms with van der Waals surface area (Å²) in [6.45, 7) is 1.82. The maximum atomic E-state index is 5.80. The van der Waals surface area contributed by atoms with Gasteiger partial charge in [-0.15, -0.1) is 0 Å². The third-order valence-corrected chi connectivity index (χ3v) is 3.35. The Morgan fingerprint density at radius 3 is 2.56 bits per heavy atom.